The van der Waals surface area contributed by atoms with Gasteiger partial charge in [-0.1, -0.05) is 6.07 Å². The Morgan fingerprint density at radius 1 is 1.09 bits per heavy atom. The number of nitrogens with zero attached hydrogens (tertiary/aromatic N) is 2. The lowest BCUT2D eigenvalue weighted by atomic mass is 10.0. The van der Waals surface area contributed by atoms with Crippen LogP contribution < -0.4 is 10.1 Å². The van der Waals surface area contributed by atoms with Gasteiger partial charge in [0, 0.05) is 62.0 Å². The molecule has 9 heteroatoms. The van der Waals surface area contributed by atoms with Crippen molar-refractivity contribution in [2.24, 2.45) is 5.92 Å². The van der Waals surface area contributed by atoms with Crippen molar-refractivity contribution >= 4 is 17.5 Å². The molecule has 0 radical (unpaired) electrons. The number of rotatable bonds is 9. The zero-order valence-electron chi connectivity index (χ0n) is 18.4. The smallest absolute Gasteiger partial charge is 0.272 e. The molecule has 0 saturated heterocycles. The number of hydrogen-bond donors (Lipinski definition) is 1. The first-order valence-electron chi connectivity index (χ1n) is 10.7. The van der Waals surface area contributed by atoms with Crippen LogP contribution in [0.3, 0.4) is 0 Å². The highest BCUT2D eigenvalue weighted by molar-refractivity contribution is 5.93. The summed E-state index contributed by atoms with van der Waals surface area (Å²) in [7, 11) is 0. The second-order valence-electron chi connectivity index (χ2n) is 8.36. The number of ketones is 1. The van der Waals surface area contributed by atoms with Crippen LogP contribution in [0.2, 0.25) is 0 Å². The molecule has 0 bridgehead atoms. The molecule has 176 valence electrons. The van der Waals surface area contributed by atoms with Crippen LogP contribution in [0.5, 0.6) is 11.5 Å². The molecular weight excluding hydrogens is 447 g/mol. The maximum Gasteiger partial charge on any atom is 0.272 e. The third kappa shape index (κ3) is 6.18. The summed E-state index contributed by atoms with van der Waals surface area (Å²) in [5, 5.41) is 2.72. The Morgan fingerprint density at radius 3 is 2.56 bits per heavy atom. The van der Waals surface area contributed by atoms with Crippen LogP contribution in [0.25, 0.3) is 0 Å². The second kappa shape index (κ2) is 9.62. The summed E-state index contributed by atoms with van der Waals surface area (Å²) in [6.45, 7) is 0.756. The molecule has 2 aromatic heterocycles. The number of nitrogens with one attached hydrogen (secondary N) is 1. The van der Waals surface area contributed by atoms with Gasteiger partial charge in [-0.15, -0.1) is 0 Å². The van der Waals surface area contributed by atoms with Crippen LogP contribution in [0.4, 0.5) is 19.0 Å². The second-order valence-corrected chi connectivity index (χ2v) is 8.36. The first-order chi connectivity index (χ1) is 16.2. The van der Waals surface area contributed by atoms with Gasteiger partial charge in [0.05, 0.1) is 0 Å². The molecule has 0 unspecified atom stereocenters. The fraction of sp³-hybridized carbons (Fsp3) is 0.280. The molecule has 3 aromatic rings. The van der Waals surface area contributed by atoms with E-state index in [0.717, 1.165) is 32.0 Å². The number of ether oxygens (including phenoxy) is 1. The summed E-state index contributed by atoms with van der Waals surface area (Å²) in [6.07, 6.45) is 5.27. The molecule has 6 nitrogen and oxygen atoms in total. The average Bonchev–Trinajstić information content (AvgIpc) is 3.61. The number of anilines is 1. The van der Waals surface area contributed by atoms with E-state index in [1.807, 2.05) is 0 Å². The van der Waals surface area contributed by atoms with Gasteiger partial charge >= 0.3 is 0 Å². The number of pyridine rings is 2. The van der Waals surface area contributed by atoms with Crippen molar-refractivity contribution in [1.29, 1.82) is 0 Å². The minimum atomic E-state index is -3.06. The zero-order chi connectivity index (χ0) is 24.3. The first-order valence-corrected chi connectivity index (χ1v) is 10.7. The summed E-state index contributed by atoms with van der Waals surface area (Å²) in [5.74, 6) is -3.17. The fourth-order valence-electron chi connectivity index (χ4n) is 3.31. The largest absolute Gasteiger partial charge is 0.457 e. The number of carbonyl (C=O) groups is 2. The van der Waals surface area contributed by atoms with Gasteiger partial charge in [0.25, 0.3) is 5.92 Å². The lowest BCUT2D eigenvalue weighted by Gasteiger charge is -2.11. The minimum Gasteiger partial charge on any atom is -0.457 e. The van der Waals surface area contributed by atoms with E-state index in [0.29, 0.717) is 17.1 Å². The van der Waals surface area contributed by atoms with E-state index in [-0.39, 0.29) is 47.3 Å². The molecule has 1 aliphatic carbocycles. The summed E-state index contributed by atoms with van der Waals surface area (Å²) in [4.78, 5) is 32.1. The van der Waals surface area contributed by atoms with Crippen molar-refractivity contribution in [3.8, 4) is 11.5 Å². The van der Waals surface area contributed by atoms with Crippen LogP contribution >= 0.6 is 0 Å². The van der Waals surface area contributed by atoms with Gasteiger partial charge in [0.1, 0.15) is 28.9 Å². The highest BCUT2D eigenvalue weighted by Crippen LogP contribution is 2.31. The van der Waals surface area contributed by atoms with E-state index in [1.165, 1.54) is 36.7 Å². The van der Waals surface area contributed by atoms with Crippen molar-refractivity contribution in [3.63, 3.8) is 0 Å². The number of hydrogen-bond acceptors (Lipinski definition) is 5. The highest BCUT2D eigenvalue weighted by Gasteiger charge is 2.29. The van der Waals surface area contributed by atoms with Crippen LogP contribution in [0.1, 0.15) is 36.5 Å². The van der Waals surface area contributed by atoms with E-state index in [9.17, 15) is 22.8 Å². The highest BCUT2D eigenvalue weighted by atomic mass is 19.3. The molecule has 1 N–H and O–H groups in total. The van der Waals surface area contributed by atoms with Crippen LogP contribution in [0.15, 0.2) is 55.0 Å². The molecule has 1 saturated carbocycles. The number of aromatic nitrogens is 2. The van der Waals surface area contributed by atoms with Gasteiger partial charge < -0.3 is 10.1 Å². The van der Waals surface area contributed by atoms with Crippen molar-refractivity contribution < 1.29 is 27.5 Å². The summed E-state index contributed by atoms with van der Waals surface area (Å²) in [6, 6.07) is 8.46. The van der Waals surface area contributed by atoms with E-state index in [1.54, 1.807) is 6.07 Å². The standard InChI is InChI=1S/C25H22F3N3O3/c1-25(27,28)18-8-15(13-29-14-18)9-19(32)10-17-4-5-20(11-22(17)26)34-21-6-7-30-23(12-21)31-24(33)16-2-3-16/h4-8,11-14,16H,2-3,9-10H2,1H3,(H,30,31,33). The molecule has 4 rings (SSSR count). The van der Waals surface area contributed by atoms with Crippen molar-refractivity contribution in [1.82, 2.24) is 9.97 Å². The van der Waals surface area contributed by atoms with Gasteiger partial charge in [-0.05, 0) is 42.2 Å². The van der Waals surface area contributed by atoms with Crippen LogP contribution in [0, 0.1) is 11.7 Å². The number of Topliss-reactive ketones (excluding diaryl/α,β-unsaturated/α-hetero) is 1. The minimum absolute atomic E-state index is 0.0310. The molecule has 1 aromatic carbocycles. The van der Waals surface area contributed by atoms with Crippen molar-refractivity contribution in [2.45, 2.75) is 38.5 Å². The Labute approximate surface area is 194 Å². The SMILES string of the molecule is CC(F)(F)c1cncc(CC(=O)Cc2ccc(Oc3ccnc(NC(=O)C4CC4)c3)cc2F)c1. The predicted molar refractivity (Wildman–Crippen MR) is 118 cm³/mol. The van der Waals surface area contributed by atoms with E-state index in [4.69, 9.17) is 4.74 Å². The predicted octanol–water partition coefficient (Wildman–Crippen LogP) is 5.22. The summed E-state index contributed by atoms with van der Waals surface area (Å²) in [5.41, 5.74) is 0.220. The molecular formula is C25H22F3N3O3. The van der Waals surface area contributed by atoms with Gasteiger partial charge in [0.15, 0.2) is 0 Å². The first kappa shape index (κ1) is 23.4. The Morgan fingerprint density at radius 2 is 1.85 bits per heavy atom. The topological polar surface area (TPSA) is 81.2 Å². The Hall–Kier alpha value is -3.75. The number of halogens is 3. The lowest BCUT2D eigenvalue weighted by molar-refractivity contribution is -0.118. The fourth-order valence-corrected chi connectivity index (χ4v) is 3.31. The number of benzene rings is 1. The lowest BCUT2D eigenvalue weighted by Crippen LogP contribution is -2.14. The Bertz CT molecular complexity index is 1220. The summed E-state index contributed by atoms with van der Waals surface area (Å²) >= 11 is 0. The molecule has 0 atom stereocenters. The van der Waals surface area contributed by atoms with Crippen LogP contribution in [-0.2, 0) is 28.4 Å². The van der Waals surface area contributed by atoms with Crippen LogP contribution in [-0.4, -0.2) is 21.7 Å². The third-order valence-corrected chi connectivity index (χ3v) is 5.28. The monoisotopic (exact) mass is 469 g/mol. The van der Waals surface area contributed by atoms with Gasteiger partial charge in [0.2, 0.25) is 5.91 Å². The molecule has 1 fully saturated rings. The number of alkyl halides is 2. The molecule has 2 heterocycles. The average molecular weight is 469 g/mol. The van der Waals surface area contributed by atoms with E-state index in [2.05, 4.69) is 15.3 Å². The Kier molecular flexibility index (Phi) is 6.63. The van der Waals surface area contributed by atoms with Gasteiger partial charge in [-0.2, -0.15) is 0 Å². The molecule has 0 spiro atoms. The normalized spacial score (nSPS) is 13.4. The molecule has 1 aliphatic rings. The molecule has 34 heavy (non-hydrogen) atoms. The quantitative estimate of drug-likeness (QED) is 0.465. The zero-order valence-corrected chi connectivity index (χ0v) is 18.4. The Balaban J connectivity index is 1.38. The van der Waals surface area contributed by atoms with Gasteiger partial charge in [-0.3, -0.25) is 14.6 Å². The molecule has 0 aliphatic heterocycles. The van der Waals surface area contributed by atoms with Crippen molar-refractivity contribution in [3.05, 3.63) is 77.5 Å². The van der Waals surface area contributed by atoms with E-state index >= 15 is 0 Å². The van der Waals surface area contributed by atoms with Gasteiger partial charge in [-0.25, -0.2) is 18.2 Å². The summed E-state index contributed by atoms with van der Waals surface area (Å²) < 4.78 is 47.2. The van der Waals surface area contributed by atoms with E-state index < -0.39 is 11.7 Å². The number of carbonyl (C=O) groups excluding carboxylic acids is 2. The maximum atomic E-state index is 14.6. The maximum absolute atomic E-state index is 14.6. The molecule has 1 amide bonds. The van der Waals surface area contributed by atoms with Crippen molar-refractivity contribution in [2.75, 3.05) is 5.32 Å². The number of amides is 1. The third-order valence-electron chi connectivity index (χ3n) is 5.28.